The van der Waals surface area contributed by atoms with Gasteiger partial charge in [-0.1, -0.05) is 35.9 Å². The third kappa shape index (κ3) is 4.67. The van der Waals surface area contributed by atoms with Crippen LogP contribution in [0.15, 0.2) is 36.4 Å². The van der Waals surface area contributed by atoms with Gasteiger partial charge in [-0.05, 0) is 67.5 Å². The second-order valence-electron chi connectivity index (χ2n) is 7.37. The lowest BCUT2D eigenvalue weighted by Gasteiger charge is -2.24. The van der Waals surface area contributed by atoms with Gasteiger partial charge in [0.15, 0.2) is 0 Å². The van der Waals surface area contributed by atoms with Crippen LogP contribution in [0.1, 0.15) is 41.6 Å². The summed E-state index contributed by atoms with van der Waals surface area (Å²) in [6.07, 6.45) is 4.43. The number of halogens is 1. The topological polar surface area (TPSA) is 66.5 Å². The number of fused-ring (bicyclic) bond motifs is 1. The molecule has 1 aliphatic carbocycles. The molecule has 28 heavy (non-hydrogen) atoms. The number of amides is 1. The third-order valence-corrected chi connectivity index (χ3v) is 6.68. The van der Waals surface area contributed by atoms with Gasteiger partial charge in [0.2, 0.25) is 15.9 Å². The average molecular weight is 421 g/mol. The number of anilines is 1. The van der Waals surface area contributed by atoms with Crippen molar-refractivity contribution in [1.29, 1.82) is 0 Å². The van der Waals surface area contributed by atoms with Gasteiger partial charge in [0.05, 0.1) is 18.0 Å². The molecule has 0 spiro atoms. The number of benzene rings is 2. The molecule has 1 amide bonds. The number of rotatable bonds is 6. The largest absolute Gasteiger partial charge is 0.348 e. The average Bonchev–Trinajstić information content (AvgIpc) is 3.09. The van der Waals surface area contributed by atoms with Crippen LogP contribution >= 0.6 is 11.6 Å². The van der Waals surface area contributed by atoms with Crippen LogP contribution in [0.5, 0.6) is 0 Å². The summed E-state index contributed by atoms with van der Waals surface area (Å²) in [4.78, 5) is 12.6. The second-order valence-corrected chi connectivity index (χ2v) is 9.69. The van der Waals surface area contributed by atoms with Gasteiger partial charge < -0.3 is 5.32 Å². The number of carbonyl (C=O) groups is 1. The van der Waals surface area contributed by atoms with Gasteiger partial charge in [0.25, 0.3) is 0 Å². The first-order valence-electron chi connectivity index (χ1n) is 9.30. The van der Waals surface area contributed by atoms with Crippen LogP contribution in [0.4, 0.5) is 5.69 Å². The van der Waals surface area contributed by atoms with E-state index in [-0.39, 0.29) is 18.5 Å². The van der Waals surface area contributed by atoms with Gasteiger partial charge in [-0.25, -0.2) is 8.42 Å². The van der Waals surface area contributed by atoms with Crippen molar-refractivity contribution in [3.63, 3.8) is 0 Å². The van der Waals surface area contributed by atoms with Crippen molar-refractivity contribution in [2.75, 3.05) is 17.1 Å². The molecule has 0 aliphatic heterocycles. The summed E-state index contributed by atoms with van der Waals surface area (Å²) >= 11 is 6.13. The van der Waals surface area contributed by atoms with Crippen molar-refractivity contribution in [3.05, 3.63) is 63.7 Å². The lowest BCUT2D eigenvalue weighted by Crippen LogP contribution is -2.41. The number of sulfonamides is 1. The molecule has 5 nitrogen and oxygen atoms in total. The van der Waals surface area contributed by atoms with E-state index in [4.69, 9.17) is 11.6 Å². The number of nitrogens with zero attached hydrogens (tertiary/aromatic N) is 1. The van der Waals surface area contributed by atoms with E-state index in [1.54, 1.807) is 18.2 Å². The Kier molecular flexibility index (Phi) is 6.01. The molecule has 150 valence electrons. The zero-order chi connectivity index (χ0) is 20.5. The SMILES string of the molecule is Cc1ccc(N(CC(=O)N[C@@H](C)c2ccc3c(c2)CCC3)S(C)(=O)=O)cc1Cl. The molecule has 1 N–H and O–H groups in total. The van der Waals surface area contributed by atoms with Gasteiger partial charge in [0.1, 0.15) is 6.54 Å². The molecular formula is C21H25ClN2O3S. The molecule has 3 rings (SSSR count). The van der Waals surface area contributed by atoms with Crippen LogP contribution in [0.2, 0.25) is 5.02 Å². The molecular weight excluding hydrogens is 396 g/mol. The van der Waals surface area contributed by atoms with Crippen LogP contribution in [-0.2, 0) is 27.7 Å². The van der Waals surface area contributed by atoms with Gasteiger partial charge in [-0.15, -0.1) is 0 Å². The highest BCUT2D eigenvalue weighted by atomic mass is 35.5. The maximum absolute atomic E-state index is 12.6. The number of aryl methyl sites for hydroxylation is 3. The molecule has 0 aromatic heterocycles. The molecule has 7 heteroatoms. The molecule has 0 bridgehead atoms. The maximum atomic E-state index is 12.6. The van der Waals surface area contributed by atoms with Gasteiger partial charge in [0, 0.05) is 5.02 Å². The van der Waals surface area contributed by atoms with Gasteiger partial charge >= 0.3 is 0 Å². The van der Waals surface area contributed by atoms with Crippen LogP contribution in [0.25, 0.3) is 0 Å². The van der Waals surface area contributed by atoms with E-state index >= 15 is 0 Å². The fourth-order valence-electron chi connectivity index (χ4n) is 3.50. The van der Waals surface area contributed by atoms with Crippen LogP contribution in [0, 0.1) is 6.92 Å². The molecule has 0 saturated heterocycles. The van der Waals surface area contributed by atoms with E-state index in [0.29, 0.717) is 10.7 Å². The summed E-state index contributed by atoms with van der Waals surface area (Å²) < 4.78 is 25.6. The van der Waals surface area contributed by atoms with Gasteiger partial charge in [-0.2, -0.15) is 0 Å². The monoisotopic (exact) mass is 420 g/mol. The summed E-state index contributed by atoms with van der Waals surface area (Å²) in [7, 11) is -3.64. The van der Waals surface area contributed by atoms with Crippen LogP contribution < -0.4 is 9.62 Å². The predicted octanol–water partition coefficient (Wildman–Crippen LogP) is 3.78. The first-order chi connectivity index (χ1) is 13.1. The molecule has 0 saturated carbocycles. The van der Waals surface area contributed by atoms with Crippen molar-refractivity contribution in [2.24, 2.45) is 0 Å². The fourth-order valence-corrected chi connectivity index (χ4v) is 4.52. The number of carbonyl (C=O) groups excluding carboxylic acids is 1. The predicted molar refractivity (Wildman–Crippen MR) is 113 cm³/mol. The number of hydrogen-bond donors (Lipinski definition) is 1. The smallest absolute Gasteiger partial charge is 0.241 e. The van der Waals surface area contributed by atoms with E-state index in [0.717, 1.165) is 34.5 Å². The normalized spacial score (nSPS) is 14.4. The van der Waals surface area contributed by atoms with E-state index in [1.165, 1.54) is 17.5 Å². The Morgan fingerprint density at radius 2 is 1.89 bits per heavy atom. The number of nitrogens with one attached hydrogen (secondary N) is 1. The Labute approximate surface area is 171 Å². The minimum atomic E-state index is -3.64. The Balaban J connectivity index is 1.74. The minimum Gasteiger partial charge on any atom is -0.348 e. The Morgan fingerprint density at radius 3 is 2.57 bits per heavy atom. The van der Waals surface area contributed by atoms with Crippen LogP contribution in [0.3, 0.4) is 0 Å². The van der Waals surface area contributed by atoms with E-state index < -0.39 is 10.0 Å². The van der Waals surface area contributed by atoms with Crippen molar-refractivity contribution in [2.45, 2.75) is 39.2 Å². The van der Waals surface area contributed by atoms with E-state index in [1.807, 2.05) is 19.9 Å². The summed E-state index contributed by atoms with van der Waals surface area (Å²) in [5, 5.41) is 3.36. The maximum Gasteiger partial charge on any atom is 0.241 e. The van der Waals surface area contributed by atoms with Crippen molar-refractivity contribution >= 4 is 33.2 Å². The molecule has 2 aromatic carbocycles. The molecule has 1 aliphatic rings. The molecule has 1 atom stereocenters. The standard InChI is InChI=1S/C21H25ClN2O3S/c1-14-7-10-19(12-20(14)22)24(28(3,26)27)13-21(25)23-15(2)17-9-8-16-5-4-6-18(16)11-17/h7-12,15H,4-6,13H2,1-3H3,(H,23,25)/t15-/m0/s1. The third-order valence-electron chi connectivity index (χ3n) is 5.13. The van der Waals surface area contributed by atoms with Crippen molar-refractivity contribution < 1.29 is 13.2 Å². The quantitative estimate of drug-likeness (QED) is 0.773. The molecule has 2 aromatic rings. The lowest BCUT2D eigenvalue weighted by atomic mass is 10.0. The molecule has 0 fully saturated rings. The zero-order valence-corrected chi connectivity index (χ0v) is 17.9. The zero-order valence-electron chi connectivity index (χ0n) is 16.3. The number of hydrogen-bond acceptors (Lipinski definition) is 3. The van der Waals surface area contributed by atoms with Crippen molar-refractivity contribution in [1.82, 2.24) is 5.32 Å². The van der Waals surface area contributed by atoms with Crippen molar-refractivity contribution in [3.8, 4) is 0 Å². The highest BCUT2D eigenvalue weighted by Gasteiger charge is 2.23. The first kappa shape index (κ1) is 20.7. The molecule has 0 unspecified atom stereocenters. The summed E-state index contributed by atoms with van der Waals surface area (Å²) in [5.74, 6) is -0.366. The molecule has 0 heterocycles. The second kappa shape index (κ2) is 8.13. The summed E-state index contributed by atoms with van der Waals surface area (Å²) in [6, 6.07) is 11.0. The van der Waals surface area contributed by atoms with Crippen LogP contribution in [-0.4, -0.2) is 27.1 Å². The lowest BCUT2D eigenvalue weighted by molar-refractivity contribution is -0.120. The summed E-state index contributed by atoms with van der Waals surface area (Å²) in [6.45, 7) is 3.44. The first-order valence-corrected chi connectivity index (χ1v) is 11.5. The van der Waals surface area contributed by atoms with Gasteiger partial charge in [-0.3, -0.25) is 9.10 Å². The fraction of sp³-hybridized carbons (Fsp3) is 0.381. The Hall–Kier alpha value is -2.05. The highest BCUT2D eigenvalue weighted by molar-refractivity contribution is 7.92. The minimum absolute atomic E-state index is 0.207. The highest BCUT2D eigenvalue weighted by Crippen LogP contribution is 2.26. The Bertz CT molecular complexity index is 1000. The Morgan fingerprint density at radius 1 is 1.18 bits per heavy atom. The summed E-state index contributed by atoms with van der Waals surface area (Å²) in [5.41, 5.74) is 4.96. The van der Waals surface area contributed by atoms with E-state index in [9.17, 15) is 13.2 Å². The van der Waals surface area contributed by atoms with E-state index in [2.05, 4.69) is 17.4 Å². The molecule has 0 radical (unpaired) electrons.